The van der Waals surface area contributed by atoms with Crippen molar-refractivity contribution in [2.45, 2.75) is 44.6 Å². The Balaban J connectivity index is 2.00. The summed E-state index contributed by atoms with van der Waals surface area (Å²) >= 11 is 0. The smallest absolute Gasteiger partial charge is 0.0637 e. The summed E-state index contributed by atoms with van der Waals surface area (Å²) in [4.78, 5) is 0. The van der Waals surface area contributed by atoms with E-state index in [0.29, 0.717) is 12.6 Å². The summed E-state index contributed by atoms with van der Waals surface area (Å²) in [6.07, 6.45) is 9.72. The zero-order valence-electron chi connectivity index (χ0n) is 8.65. The normalized spacial score (nSPS) is 18.6. The van der Waals surface area contributed by atoms with Crippen molar-refractivity contribution < 1.29 is 0 Å². The molecule has 0 saturated heterocycles. The van der Waals surface area contributed by atoms with Crippen molar-refractivity contribution in [3.8, 4) is 0 Å². The molecule has 1 aromatic rings. The Kier molecular flexibility index (Phi) is 3.19. The largest absolute Gasteiger partial charge is 0.330 e. The van der Waals surface area contributed by atoms with Gasteiger partial charge in [0.25, 0.3) is 0 Å². The average Bonchev–Trinajstić information content (AvgIpc) is 2.68. The SMILES string of the molecule is NCCc1ccn(C2CCCCC2)n1. The molecule has 14 heavy (non-hydrogen) atoms. The molecule has 0 bridgehead atoms. The highest BCUT2D eigenvalue weighted by Gasteiger charge is 2.15. The topological polar surface area (TPSA) is 43.8 Å². The molecule has 2 N–H and O–H groups in total. The fraction of sp³-hybridized carbons (Fsp3) is 0.727. The molecule has 1 aromatic heterocycles. The van der Waals surface area contributed by atoms with Gasteiger partial charge in [0, 0.05) is 12.6 Å². The molecule has 1 fully saturated rings. The zero-order chi connectivity index (χ0) is 9.80. The highest BCUT2D eigenvalue weighted by Crippen LogP contribution is 2.27. The Hall–Kier alpha value is -0.830. The van der Waals surface area contributed by atoms with Gasteiger partial charge in [0.05, 0.1) is 11.7 Å². The van der Waals surface area contributed by atoms with E-state index in [1.54, 1.807) is 0 Å². The third-order valence-electron chi connectivity index (χ3n) is 3.01. The van der Waals surface area contributed by atoms with E-state index in [4.69, 9.17) is 5.73 Å². The molecule has 0 radical (unpaired) electrons. The lowest BCUT2D eigenvalue weighted by molar-refractivity contribution is 0.328. The molecular formula is C11H19N3. The maximum atomic E-state index is 5.50. The average molecular weight is 193 g/mol. The lowest BCUT2D eigenvalue weighted by Gasteiger charge is -2.21. The number of nitrogens with zero attached hydrogens (tertiary/aromatic N) is 2. The summed E-state index contributed by atoms with van der Waals surface area (Å²) in [6.45, 7) is 0.696. The van der Waals surface area contributed by atoms with E-state index in [1.165, 1.54) is 32.1 Å². The van der Waals surface area contributed by atoms with Crippen LogP contribution < -0.4 is 5.73 Å². The van der Waals surface area contributed by atoms with Crippen molar-refractivity contribution in [2.75, 3.05) is 6.54 Å². The standard InChI is InChI=1S/C11H19N3/c12-8-6-10-7-9-14(13-10)11-4-2-1-3-5-11/h7,9,11H,1-6,8,12H2. The molecule has 0 aliphatic heterocycles. The molecular weight excluding hydrogens is 174 g/mol. The van der Waals surface area contributed by atoms with E-state index >= 15 is 0 Å². The van der Waals surface area contributed by atoms with Crippen LogP contribution in [0.2, 0.25) is 0 Å². The van der Waals surface area contributed by atoms with Crippen LogP contribution in [0.1, 0.15) is 43.8 Å². The number of nitrogens with two attached hydrogens (primary N) is 1. The van der Waals surface area contributed by atoms with Crippen LogP contribution >= 0.6 is 0 Å². The van der Waals surface area contributed by atoms with Crippen LogP contribution in [0, 0.1) is 0 Å². The van der Waals surface area contributed by atoms with Gasteiger partial charge in [0.2, 0.25) is 0 Å². The van der Waals surface area contributed by atoms with Crippen LogP contribution in [-0.4, -0.2) is 16.3 Å². The quantitative estimate of drug-likeness (QED) is 0.796. The van der Waals surface area contributed by atoms with E-state index in [0.717, 1.165) is 12.1 Å². The fourth-order valence-corrected chi connectivity index (χ4v) is 2.21. The first-order valence-electron chi connectivity index (χ1n) is 5.64. The molecule has 3 nitrogen and oxygen atoms in total. The van der Waals surface area contributed by atoms with Crippen molar-refractivity contribution >= 4 is 0 Å². The molecule has 0 unspecified atom stereocenters. The lowest BCUT2D eigenvalue weighted by atomic mass is 9.96. The van der Waals surface area contributed by atoms with Gasteiger partial charge in [-0.25, -0.2) is 0 Å². The van der Waals surface area contributed by atoms with Crippen molar-refractivity contribution in [1.29, 1.82) is 0 Å². The fourth-order valence-electron chi connectivity index (χ4n) is 2.21. The molecule has 0 aromatic carbocycles. The highest BCUT2D eigenvalue weighted by molar-refractivity contribution is 5.00. The van der Waals surface area contributed by atoms with Gasteiger partial charge in [0.15, 0.2) is 0 Å². The van der Waals surface area contributed by atoms with Crippen molar-refractivity contribution in [2.24, 2.45) is 5.73 Å². The molecule has 0 amide bonds. The number of hydrogen-bond acceptors (Lipinski definition) is 2. The number of rotatable bonds is 3. The van der Waals surface area contributed by atoms with Crippen LogP contribution in [0.4, 0.5) is 0 Å². The Morgan fingerprint density at radius 2 is 2.14 bits per heavy atom. The van der Waals surface area contributed by atoms with Crippen molar-refractivity contribution in [3.05, 3.63) is 18.0 Å². The highest BCUT2D eigenvalue weighted by atomic mass is 15.3. The van der Waals surface area contributed by atoms with Gasteiger partial charge in [-0.15, -0.1) is 0 Å². The van der Waals surface area contributed by atoms with E-state index < -0.39 is 0 Å². The van der Waals surface area contributed by atoms with Crippen LogP contribution in [0.3, 0.4) is 0 Å². The minimum atomic E-state index is 0.648. The Morgan fingerprint density at radius 1 is 1.36 bits per heavy atom. The van der Waals surface area contributed by atoms with Gasteiger partial charge < -0.3 is 5.73 Å². The summed E-state index contributed by atoms with van der Waals surface area (Å²) in [6, 6.07) is 2.75. The van der Waals surface area contributed by atoms with Gasteiger partial charge >= 0.3 is 0 Å². The maximum absolute atomic E-state index is 5.50. The van der Waals surface area contributed by atoms with E-state index in [9.17, 15) is 0 Å². The first-order chi connectivity index (χ1) is 6.90. The summed E-state index contributed by atoms with van der Waals surface area (Å²) < 4.78 is 2.14. The predicted molar refractivity (Wildman–Crippen MR) is 57.1 cm³/mol. The summed E-state index contributed by atoms with van der Waals surface area (Å²) in [7, 11) is 0. The third kappa shape index (κ3) is 2.15. The summed E-state index contributed by atoms with van der Waals surface area (Å²) in [5.41, 5.74) is 6.64. The van der Waals surface area contributed by atoms with Gasteiger partial charge in [-0.1, -0.05) is 19.3 Å². The second-order valence-electron chi connectivity index (χ2n) is 4.12. The lowest BCUT2D eigenvalue weighted by Crippen LogP contribution is -2.14. The van der Waals surface area contributed by atoms with Crippen LogP contribution in [0.5, 0.6) is 0 Å². The van der Waals surface area contributed by atoms with Gasteiger partial charge in [0.1, 0.15) is 0 Å². The van der Waals surface area contributed by atoms with Crippen molar-refractivity contribution in [3.63, 3.8) is 0 Å². The van der Waals surface area contributed by atoms with Crippen LogP contribution in [0.15, 0.2) is 12.3 Å². The third-order valence-corrected chi connectivity index (χ3v) is 3.01. The molecule has 1 heterocycles. The minimum Gasteiger partial charge on any atom is -0.330 e. The van der Waals surface area contributed by atoms with E-state index in [2.05, 4.69) is 22.0 Å². The van der Waals surface area contributed by atoms with Gasteiger partial charge in [-0.3, -0.25) is 4.68 Å². The van der Waals surface area contributed by atoms with Gasteiger partial charge in [-0.05, 0) is 25.5 Å². The van der Waals surface area contributed by atoms with E-state index in [-0.39, 0.29) is 0 Å². The second-order valence-corrected chi connectivity index (χ2v) is 4.12. The Morgan fingerprint density at radius 3 is 2.86 bits per heavy atom. The monoisotopic (exact) mass is 193 g/mol. The zero-order valence-corrected chi connectivity index (χ0v) is 8.65. The predicted octanol–water partition coefficient (Wildman–Crippen LogP) is 1.89. The molecule has 2 rings (SSSR count). The molecule has 1 aliphatic carbocycles. The van der Waals surface area contributed by atoms with Crippen molar-refractivity contribution in [1.82, 2.24) is 9.78 Å². The Labute approximate surface area is 85.3 Å². The molecule has 3 heteroatoms. The molecule has 0 atom stereocenters. The number of aromatic nitrogens is 2. The number of hydrogen-bond donors (Lipinski definition) is 1. The van der Waals surface area contributed by atoms with Crippen LogP contribution in [0.25, 0.3) is 0 Å². The first-order valence-corrected chi connectivity index (χ1v) is 5.64. The first kappa shape index (κ1) is 9.71. The molecule has 0 spiro atoms. The minimum absolute atomic E-state index is 0.648. The molecule has 1 aliphatic rings. The maximum Gasteiger partial charge on any atom is 0.0637 e. The van der Waals surface area contributed by atoms with Crippen LogP contribution in [-0.2, 0) is 6.42 Å². The second kappa shape index (κ2) is 4.60. The Bertz CT molecular complexity index is 274. The molecule has 78 valence electrons. The molecule has 1 saturated carbocycles. The summed E-state index contributed by atoms with van der Waals surface area (Å²) in [5, 5.41) is 4.56. The van der Waals surface area contributed by atoms with E-state index in [1.807, 2.05) is 0 Å². The summed E-state index contributed by atoms with van der Waals surface area (Å²) in [5.74, 6) is 0. The van der Waals surface area contributed by atoms with Gasteiger partial charge in [-0.2, -0.15) is 5.10 Å².